The van der Waals surface area contributed by atoms with Gasteiger partial charge >= 0.3 is 0 Å². The standard InChI is InChI=1S/C21H22FN5O2S/c1-3-17(20(29)24-16-12-8-7-11-15(16)22)30-21-26-25-18(27(21)2)13-19(28)23-14-9-5-4-6-10-14/h4-12,17H,3,13H2,1-2H3,(H,23,28)(H,24,29)/t17-/m1/s1. The Balaban J connectivity index is 1.63. The van der Waals surface area contributed by atoms with Gasteiger partial charge < -0.3 is 15.2 Å². The maximum atomic E-state index is 13.8. The van der Waals surface area contributed by atoms with Crippen LogP contribution in [0, 0.1) is 5.82 Å². The quantitative estimate of drug-likeness (QED) is 0.536. The molecule has 9 heteroatoms. The molecule has 0 radical (unpaired) electrons. The molecule has 1 heterocycles. The first-order valence-electron chi connectivity index (χ1n) is 9.43. The molecule has 1 aromatic heterocycles. The molecule has 3 rings (SSSR count). The Bertz CT molecular complexity index is 1030. The van der Waals surface area contributed by atoms with Crippen molar-refractivity contribution in [3.05, 3.63) is 66.2 Å². The molecule has 0 spiro atoms. The van der Waals surface area contributed by atoms with Crippen LogP contribution >= 0.6 is 11.8 Å². The third kappa shape index (κ3) is 5.44. The SMILES string of the molecule is CC[C@@H](Sc1nnc(CC(=O)Nc2ccccc2)n1C)C(=O)Nc1ccccc1F. The molecule has 2 N–H and O–H groups in total. The van der Waals surface area contributed by atoms with Gasteiger partial charge in [0.2, 0.25) is 11.8 Å². The van der Waals surface area contributed by atoms with Crippen molar-refractivity contribution in [2.75, 3.05) is 10.6 Å². The topological polar surface area (TPSA) is 88.9 Å². The number of para-hydroxylation sites is 2. The predicted molar refractivity (Wildman–Crippen MR) is 115 cm³/mol. The number of rotatable bonds is 8. The minimum atomic E-state index is -0.490. The van der Waals surface area contributed by atoms with Gasteiger partial charge in [-0.15, -0.1) is 10.2 Å². The monoisotopic (exact) mass is 427 g/mol. The van der Waals surface area contributed by atoms with Crippen LogP contribution in [0.3, 0.4) is 0 Å². The summed E-state index contributed by atoms with van der Waals surface area (Å²) in [6.45, 7) is 1.86. The normalized spacial score (nSPS) is 11.7. The van der Waals surface area contributed by atoms with Crippen LogP contribution < -0.4 is 10.6 Å². The zero-order chi connectivity index (χ0) is 21.5. The van der Waals surface area contributed by atoms with E-state index in [0.717, 1.165) is 0 Å². The van der Waals surface area contributed by atoms with Gasteiger partial charge in [0.1, 0.15) is 11.6 Å². The van der Waals surface area contributed by atoms with E-state index in [1.54, 1.807) is 35.9 Å². The highest BCUT2D eigenvalue weighted by atomic mass is 32.2. The van der Waals surface area contributed by atoms with Gasteiger partial charge in [-0.25, -0.2) is 4.39 Å². The number of carbonyl (C=O) groups is 2. The number of hydrogen-bond acceptors (Lipinski definition) is 5. The van der Waals surface area contributed by atoms with E-state index in [-0.39, 0.29) is 23.9 Å². The molecule has 0 aliphatic rings. The van der Waals surface area contributed by atoms with Crippen LogP contribution in [0.5, 0.6) is 0 Å². The third-order valence-corrected chi connectivity index (χ3v) is 5.74. The van der Waals surface area contributed by atoms with Crippen molar-refractivity contribution in [2.24, 2.45) is 7.05 Å². The van der Waals surface area contributed by atoms with E-state index in [0.29, 0.717) is 23.1 Å². The van der Waals surface area contributed by atoms with Gasteiger partial charge in [-0.1, -0.05) is 49.0 Å². The molecule has 0 unspecified atom stereocenters. The summed E-state index contributed by atoms with van der Waals surface area (Å²) in [5.41, 5.74) is 0.841. The maximum Gasteiger partial charge on any atom is 0.238 e. The van der Waals surface area contributed by atoms with Crippen LogP contribution in [0.1, 0.15) is 19.2 Å². The minimum Gasteiger partial charge on any atom is -0.326 e. The number of hydrogen-bond donors (Lipinski definition) is 2. The van der Waals surface area contributed by atoms with Gasteiger partial charge in [-0.2, -0.15) is 0 Å². The fraction of sp³-hybridized carbons (Fsp3) is 0.238. The summed E-state index contributed by atoms with van der Waals surface area (Å²) in [5.74, 6) is -0.539. The second-order valence-corrected chi connectivity index (χ2v) is 7.70. The summed E-state index contributed by atoms with van der Waals surface area (Å²) < 4.78 is 15.5. The van der Waals surface area contributed by atoms with Gasteiger partial charge in [0, 0.05) is 12.7 Å². The fourth-order valence-electron chi connectivity index (χ4n) is 2.70. The molecular formula is C21H22FN5O2S. The van der Waals surface area contributed by atoms with Gasteiger partial charge in [0.05, 0.1) is 17.4 Å². The Labute approximate surface area is 178 Å². The van der Waals surface area contributed by atoms with Crippen LogP contribution in [-0.2, 0) is 23.1 Å². The highest BCUT2D eigenvalue weighted by Gasteiger charge is 2.23. The number of benzene rings is 2. The van der Waals surface area contributed by atoms with Crippen molar-refractivity contribution in [1.29, 1.82) is 0 Å². The van der Waals surface area contributed by atoms with Crippen molar-refractivity contribution in [2.45, 2.75) is 30.2 Å². The van der Waals surface area contributed by atoms with Crippen molar-refractivity contribution < 1.29 is 14.0 Å². The predicted octanol–water partition coefficient (Wildman–Crippen LogP) is 3.64. The number of thioether (sulfide) groups is 1. The van der Waals surface area contributed by atoms with Crippen LogP contribution in [0.15, 0.2) is 59.8 Å². The van der Waals surface area contributed by atoms with E-state index in [2.05, 4.69) is 20.8 Å². The average Bonchev–Trinajstić information content (AvgIpc) is 3.07. The van der Waals surface area contributed by atoms with E-state index in [9.17, 15) is 14.0 Å². The number of carbonyl (C=O) groups excluding carboxylic acids is 2. The molecule has 0 saturated carbocycles. The van der Waals surface area contributed by atoms with Crippen LogP contribution in [0.25, 0.3) is 0 Å². The summed E-state index contributed by atoms with van der Waals surface area (Å²) in [6.07, 6.45) is 0.568. The van der Waals surface area contributed by atoms with Crippen molar-refractivity contribution >= 4 is 35.0 Å². The molecule has 0 aliphatic carbocycles. The Morgan fingerprint density at radius 3 is 2.47 bits per heavy atom. The Hall–Kier alpha value is -3.20. The molecule has 0 bridgehead atoms. The number of nitrogens with zero attached hydrogens (tertiary/aromatic N) is 3. The lowest BCUT2D eigenvalue weighted by molar-refractivity contribution is -0.116. The molecule has 0 fully saturated rings. The van der Waals surface area contributed by atoms with Crippen LogP contribution in [0.2, 0.25) is 0 Å². The second kappa shape index (κ2) is 10.0. The number of nitrogens with one attached hydrogen (secondary N) is 2. The molecular weight excluding hydrogens is 405 g/mol. The number of aromatic nitrogens is 3. The lowest BCUT2D eigenvalue weighted by atomic mass is 10.2. The number of halogens is 1. The van der Waals surface area contributed by atoms with Gasteiger partial charge in [-0.3, -0.25) is 9.59 Å². The molecule has 2 amide bonds. The Morgan fingerprint density at radius 1 is 1.07 bits per heavy atom. The third-order valence-electron chi connectivity index (χ3n) is 4.34. The molecule has 1 atom stereocenters. The molecule has 3 aromatic rings. The summed E-state index contributed by atoms with van der Waals surface area (Å²) in [5, 5.41) is 13.6. The van der Waals surface area contributed by atoms with E-state index in [1.165, 1.54) is 23.9 Å². The highest BCUT2D eigenvalue weighted by Crippen LogP contribution is 2.26. The number of amides is 2. The van der Waals surface area contributed by atoms with Crippen molar-refractivity contribution in [1.82, 2.24) is 14.8 Å². The first-order chi connectivity index (χ1) is 14.5. The Morgan fingerprint density at radius 2 is 1.77 bits per heavy atom. The molecule has 0 saturated heterocycles. The Kier molecular flexibility index (Phi) is 7.18. The maximum absolute atomic E-state index is 13.8. The fourth-order valence-corrected chi connectivity index (χ4v) is 3.64. The van der Waals surface area contributed by atoms with Gasteiger partial charge in [-0.05, 0) is 30.7 Å². The molecule has 7 nitrogen and oxygen atoms in total. The van der Waals surface area contributed by atoms with E-state index in [4.69, 9.17) is 0 Å². The van der Waals surface area contributed by atoms with E-state index >= 15 is 0 Å². The van der Waals surface area contributed by atoms with E-state index < -0.39 is 11.1 Å². The summed E-state index contributed by atoms with van der Waals surface area (Å²) in [4.78, 5) is 24.8. The van der Waals surface area contributed by atoms with E-state index in [1.807, 2.05) is 25.1 Å². The largest absolute Gasteiger partial charge is 0.326 e. The minimum absolute atomic E-state index is 0.0527. The lowest BCUT2D eigenvalue weighted by Gasteiger charge is -2.14. The summed E-state index contributed by atoms with van der Waals surface area (Å²) in [7, 11) is 1.74. The zero-order valence-electron chi connectivity index (χ0n) is 16.6. The number of anilines is 2. The first kappa shape index (κ1) is 21.5. The first-order valence-corrected chi connectivity index (χ1v) is 10.3. The van der Waals surface area contributed by atoms with Crippen LogP contribution in [-0.4, -0.2) is 31.8 Å². The zero-order valence-corrected chi connectivity index (χ0v) is 17.4. The lowest BCUT2D eigenvalue weighted by Crippen LogP contribution is -2.25. The highest BCUT2D eigenvalue weighted by molar-refractivity contribution is 8.00. The average molecular weight is 428 g/mol. The smallest absolute Gasteiger partial charge is 0.238 e. The molecule has 30 heavy (non-hydrogen) atoms. The molecule has 2 aromatic carbocycles. The van der Waals surface area contributed by atoms with Crippen molar-refractivity contribution in [3.8, 4) is 0 Å². The summed E-state index contributed by atoms with van der Waals surface area (Å²) in [6, 6.07) is 15.2. The van der Waals surface area contributed by atoms with Gasteiger partial charge in [0.15, 0.2) is 5.16 Å². The molecule has 0 aliphatic heterocycles. The second-order valence-electron chi connectivity index (χ2n) is 6.53. The van der Waals surface area contributed by atoms with Crippen LogP contribution in [0.4, 0.5) is 15.8 Å². The molecule has 156 valence electrons. The summed E-state index contributed by atoms with van der Waals surface area (Å²) >= 11 is 1.22. The van der Waals surface area contributed by atoms with Gasteiger partial charge in [0.25, 0.3) is 0 Å². The van der Waals surface area contributed by atoms with Crippen molar-refractivity contribution in [3.63, 3.8) is 0 Å².